The molecule has 1 saturated carbocycles. The smallest absolute Gasteiger partial charge is 0.410 e. The van der Waals surface area contributed by atoms with Crippen molar-refractivity contribution in [3.63, 3.8) is 0 Å². The molecule has 0 aromatic rings. The Morgan fingerprint density at radius 3 is 2.50 bits per heavy atom. The molecule has 0 aromatic heterocycles. The zero-order chi connectivity index (χ0) is 11.9. The number of amides is 1. The Bertz CT molecular complexity index is 285. The van der Waals surface area contributed by atoms with Crippen molar-refractivity contribution < 1.29 is 9.53 Å². The molecule has 1 aliphatic carbocycles. The largest absolute Gasteiger partial charge is 0.444 e. The number of piperidine rings is 2. The van der Waals surface area contributed by atoms with E-state index < -0.39 is 5.60 Å². The third kappa shape index (κ3) is 2.32. The van der Waals surface area contributed by atoms with E-state index in [-0.39, 0.29) is 12.1 Å². The second-order valence-corrected chi connectivity index (χ2v) is 6.02. The van der Waals surface area contributed by atoms with E-state index in [1.54, 1.807) is 0 Å². The molecule has 1 amide bonds. The summed E-state index contributed by atoms with van der Waals surface area (Å²) in [6.45, 7) is 6.48. The van der Waals surface area contributed by atoms with Gasteiger partial charge in [0, 0.05) is 18.6 Å². The van der Waals surface area contributed by atoms with Crippen LogP contribution in [0.15, 0.2) is 0 Å². The maximum Gasteiger partial charge on any atom is 0.410 e. The van der Waals surface area contributed by atoms with E-state index in [0.29, 0.717) is 12.0 Å². The second kappa shape index (κ2) is 3.91. The highest BCUT2D eigenvalue weighted by Gasteiger charge is 2.42. The van der Waals surface area contributed by atoms with Crippen LogP contribution in [0.25, 0.3) is 0 Å². The highest BCUT2D eigenvalue weighted by molar-refractivity contribution is 5.69. The fourth-order valence-electron chi connectivity index (χ4n) is 2.70. The van der Waals surface area contributed by atoms with Gasteiger partial charge in [0.15, 0.2) is 0 Å². The van der Waals surface area contributed by atoms with Crippen molar-refractivity contribution in [2.45, 2.75) is 57.7 Å². The Kier molecular flexibility index (Phi) is 2.86. The molecule has 0 aromatic carbocycles. The van der Waals surface area contributed by atoms with Crippen LogP contribution in [0.4, 0.5) is 4.79 Å². The maximum atomic E-state index is 12.0. The molecule has 16 heavy (non-hydrogen) atoms. The molecule has 2 aliphatic heterocycles. The van der Waals surface area contributed by atoms with Gasteiger partial charge in [-0.05, 0) is 46.0 Å². The van der Waals surface area contributed by atoms with Gasteiger partial charge in [-0.3, -0.25) is 0 Å². The number of nitrogens with zero attached hydrogens (tertiary/aromatic N) is 1. The number of rotatable bonds is 0. The van der Waals surface area contributed by atoms with Gasteiger partial charge in [0.2, 0.25) is 0 Å². The minimum absolute atomic E-state index is 0.172. The van der Waals surface area contributed by atoms with Crippen LogP contribution < -0.4 is 5.73 Å². The lowest BCUT2D eigenvalue weighted by Crippen LogP contribution is -2.59. The topological polar surface area (TPSA) is 55.6 Å². The maximum absolute atomic E-state index is 12.0. The van der Waals surface area contributed by atoms with E-state index in [9.17, 15) is 4.79 Å². The summed E-state index contributed by atoms with van der Waals surface area (Å²) in [7, 11) is 0. The molecule has 3 fully saturated rings. The Morgan fingerprint density at radius 2 is 2.06 bits per heavy atom. The number of ether oxygens (including phenoxy) is 1. The fourth-order valence-corrected chi connectivity index (χ4v) is 2.70. The first kappa shape index (κ1) is 11.7. The number of fused-ring (bicyclic) bond motifs is 3. The van der Waals surface area contributed by atoms with Crippen LogP contribution in [0.5, 0.6) is 0 Å². The minimum Gasteiger partial charge on any atom is -0.444 e. The van der Waals surface area contributed by atoms with Crippen molar-refractivity contribution in [2.75, 3.05) is 6.54 Å². The van der Waals surface area contributed by atoms with Gasteiger partial charge in [0.25, 0.3) is 0 Å². The predicted molar refractivity (Wildman–Crippen MR) is 62.0 cm³/mol. The molecule has 92 valence electrons. The van der Waals surface area contributed by atoms with E-state index in [4.69, 9.17) is 10.5 Å². The molecular formula is C12H22N2O2. The van der Waals surface area contributed by atoms with Crippen LogP contribution in [0.1, 0.15) is 40.0 Å². The summed E-state index contributed by atoms with van der Waals surface area (Å²) in [5.74, 6) is 0.470. The zero-order valence-corrected chi connectivity index (χ0v) is 10.4. The lowest BCUT2D eigenvalue weighted by atomic mass is 9.77. The molecule has 2 heterocycles. The first-order chi connectivity index (χ1) is 7.37. The molecule has 4 heteroatoms. The summed E-state index contributed by atoms with van der Waals surface area (Å²) in [6.07, 6.45) is 3.00. The van der Waals surface area contributed by atoms with Gasteiger partial charge in [-0.1, -0.05) is 0 Å². The van der Waals surface area contributed by atoms with Crippen LogP contribution in [-0.4, -0.2) is 35.2 Å². The highest BCUT2D eigenvalue weighted by Crippen LogP contribution is 2.34. The summed E-state index contributed by atoms with van der Waals surface area (Å²) in [5.41, 5.74) is 5.62. The van der Waals surface area contributed by atoms with Crippen LogP contribution in [-0.2, 0) is 4.74 Å². The third-order valence-electron chi connectivity index (χ3n) is 3.52. The molecular weight excluding hydrogens is 204 g/mol. The molecule has 0 radical (unpaired) electrons. The van der Waals surface area contributed by atoms with Gasteiger partial charge < -0.3 is 15.4 Å². The summed E-state index contributed by atoms with van der Waals surface area (Å²) >= 11 is 0. The van der Waals surface area contributed by atoms with E-state index in [1.807, 2.05) is 25.7 Å². The first-order valence-corrected chi connectivity index (χ1v) is 6.12. The normalized spacial score (nSPS) is 34.0. The monoisotopic (exact) mass is 226 g/mol. The average molecular weight is 226 g/mol. The number of carbonyl (C=O) groups is 1. The molecule has 3 atom stereocenters. The van der Waals surface area contributed by atoms with Gasteiger partial charge in [0.1, 0.15) is 5.60 Å². The predicted octanol–water partition coefficient (Wildman–Crippen LogP) is 1.73. The standard InChI is InChI=1S/C12H22N2O2/c1-12(2,3)16-11(15)14-7-8-4-5-9(14)6-10(8)13/h8-10H,4-7,13H2,1-3H3/t8-,9+,10+/m0/s1. The third-order valence-corrected chi connectivity index (χ3v) is 3.52. The van der Waals surface area contributed by atoms with Crippen LogP contribution in [0.2, 0.25) is 0 Å². The van der Waals surface area contributed by atoms with Crippen molar-refractivity contribution >= 4 is 6.09 Å². The minimum atomic E-state index is -0.407. The van der Waals surface area contributed by atoms with Gasteiger partial charge in [0.05, 0.1) is 0 Å². The van der Waals surface area contributed by atoms with Crippen molar-refractivity contribution in [1.29, 1.82) is 0 Å². The summed E-state index contributed by atoms with van der Waals surface area (Å²) in [4.78, 5) is 13.9. The summed E-state index contributed by atoms with van der Waals surface area (Å²) in [5, 5.41) is 0. The number of hydrogen-bond donors (Lipinski definition) is 1. The molecule has 0 spiro atoms. The molecule has 0 unspecified atom stereocenters. The SMILES string of the molecule is CC(C)(C)OC(=O)N1C[C@@H]2CC[C@@H]1C[C@H]2N. The fraction of sp³-hybridized carbons (Fsp3) is 0.917. The molecule has 2 bridgehead atoms. The number of hydrogen-bond acceptors (Lipinski definition) is 3. The number of nitrogens with two attached hydrogens (primary N) is 1. The van der Waals surface area contributed by atoms with Crippen LogP contribution in [0.3, 0.4) is 0 Å². The molecule has 4 nitrogen and oxygen atoms in total. The Morgan fingerprint density at radius 1 is 1.38 bits per heavy atom. The van der Waals surface area contributed by atoms with E-state index in [2.05, 4.69) is 0 Å². The summed E-state index contributed by atoms with van der Waals surface area (Å²) < 4.78 is 5.41. The van der Waals surface area contributed by atoms with Crippen LogP contribution in [0, 0.1) is 5.92 Å². The van der Waals surface area contributed by atoms with Crippen molar-refractivity contribution in [1.82, 2.24) is 4.90 Å². The summed E-state index contributed by atoms with van der Waals surface area (Å²) in [6, 6.07) is 0.576. The molecule has 3 rings (SSSR count). The van der Waals surface area contributed by atoms with Gasteiger partial charge in [-0.15, -0.1) is 0 Å². The first-order valence-electron chi connectivity index (χ1n) is 6.12. The van der Waals surface area contributed by atoms with Crippen molar-refractivity contribution in [3.8, 4) is 0 Å². The average Bonchev–Trinajstić information content (AvgIpc) is 2.15. The second-order valence-electron chi connectivity index (χ2n) is 6.02. The van der Waals surface area contributed by atoms with E-state index in [1.165, 1.54) is 0 Å². The van der Waals surface area contributed by atoms with Gasteiger partial charge >= 0.3 is 6.09 Å². The zero-order valence-electron chi connectivity index (χ0n) is 10.4. The van der Waals surface area contributed by atoms with Crippen molar-refractivity contribution in [2.24, 2.45) is 11.7 Å². The lowest BCUT2D eigenvalue weighted by molar-refractivity contribution is -0.0170. The van der Waals surface area contributed by atoms with E-state index in [0.717, 1.165) is 25.8 Å². The molecule has 2 N–H and O–H groups in total. The lowest BCUT2D eigenvalue weighted by Gasteiger charge is -2.48. The van der Waals surface area contributed by atoms with E-state index >= 15 is 0 Å². The number of carbonyl (C=O) groups excluding carboxylic acids is 1. The Balaban J connectivity index is 1.99. The molecule has 3 aliphatic rings. The van der Waals surface area contributed by atoms with Gasteiger partial charge in [-0.25, -0.2) is 4.79 Å². The molecule has 2 saturated heterocycles. The quantitative estimate of drug-likeness (QED) is 0.684. The van der Waals surface area contributed by atoms with Crippen LogP contribution >= 0.6 is 0 Å². The Labute approximate surface area is 97.1 Å². The Hall–Kier alpha value is -0.770. The van der Waals surface area contributed by atoms with Crippen molar-refractivity contribution in [3.05, 3.63) is 0 Å². The van der Waals surface area contributed by atoms with Gasteiger partial charge in [-0.2, -0.15) is 0 Å². The highest BCUT2D eigenvalue weighted by atomic mass is 16.6.